The van der Waals surface area contributed by atoms with E-state index in [2.05, 4.69) is 9.98 Å². The largest absolute Gasteiger partial charge is 0.507 e. The second kappa shape index (κ2) is 9.03. The van der Waals surface area contributed by atoms with Crippen LogP contribution in [0.2, 0.25) is 0 Å². The molecule has 2 rings (SSSR count). The van der Waals surface area contributed by atoms with Crippen LogP contribution in [0.3, 0.4) is 0 Å². The van der Waals surface area contributed by atoms with Gasteiger partial charge in [-0.05, 0) is 24.3 Å². The smallest absolute Gasteiger partial charge is 0.124 e. The van der Waals surface area contributed by atoms with Crippen molar-refractivity contribution in [2.45, 2.75) is 0 Å². The van der Waals surface area contributed by atoms with Gasteiger partial charge in [-0.2, -0.15) is 0 Å². The molecule has 4 nitrogen and oxygen atoms in total. The van der Waals surface area contributed by atoms with Gasteiger partial charge in [-0.15, -0.1) is 0 Å². The summed E-state index contributed by atoms with van der Waals surface area (Å²) in [5.41, 5.74) is 1.38. The number of hydrogen-bond acceptors (Lipinski definition) is 4. The summed E-state index contributed by atoms with van der Waals surface area (Å²) in [7, 11) is 0. The summed E-state index contributed by atoms with van der Waals surface area (Å²) in [6.07, 6.45) is 3.26. The zero-order valence-corrected chi connectivity index (χ0v) is 13.1. The maximum Gasteiger partial charge on any atom is 0.124 e. The van der Waals surface area contributed by atoms with E-state index in [1.807, 2.05) is 12.1 Å². The van der Waals surface area contributed by atoms with Gasteiger partial charge in [-0.25, -0.2) is 0 Å². The monoisotopic (exact) mass is 370 g/mol. The van der Waals surface area contributed by atoms with Crippen molar-refractivity contribution in [1.29, 1.82) is 0 Å². The molecular weight excluding hydrogens is 353 g/mol. The van der Waals surface area contributed by atoms with Crippen molar-refractivity contribution < 1.29 is 29.7 Å². The number of rotatable bonds is 5. The Labute approximate surface area is 136 Å². The minimum absolute atomic E-state index is 0. The molecule has 0 aliphatic rings. The summed E-state index contributed by atoms with van der Waals surface area (Å²) in [6.45, 7) is 1.05. The number of phenolic OH excluding ortho intramolecular Hbond substituents is 2. The third-order valence-electron chi connectivity index (χ3n) is 2.69. The number of benzene rings is 2. The van der Waals surface area contributed by atoms with Gasteiger partial charge < -0.3 is 10.2 Å². The fourth-order valence-corrected chi connectivity index (χ4v) is 1.63. The topological polar surface area (TPSA) is 65.2 Å². The van der Waals surface area contributed by atoms with Crippen molar-refractivity contribution in [2.24, 2.45) is 9.98 Å². The molecule has 110 valence electrons. The molecule has 0 saturated heterocycles. The third kappa shape index (κ3) is 5.48. The van der Waals surface area contributed by atoms with Gasteiger partial charge in [0.2, 0.25) is 0 Å². The normalized spacial score (nSPS) is 10.9. The summed E-state index contributed by atoms with van der Waals surface area (Å²) < 4.78 is 0. The first-order valence-electron chi connectivity index (χ1n) is 6.33. The summed E-state index contributed by atoms with van der Waals surface area (Å²) in [5, 5.41) is 19.1. The Balaban J connectivity index is 0.00000220. The van der Waals surface area contributed by atoms with Crippen LogP contribution >= 0.6 is 0 Å². The van der Waals surface area contributed by atoms with Gasteiger partial charge in [0.25, 0.3) is 0 Å². The summed E-state index contributed by atoms with van der Waals surface area (Å²) in [6, 6.07) is 14.1. The molecule has 0 spiro atoms. The zero-order chi connectivity index (χ0) is 14.2. The first-order valence-corrected chi connectivity index (χ1v) is 6.33. The maximum absolute atomic E-state index is 9.54. The van der Waals surface area contributed by atoms with Gasteiger partial charge in [0.15, 0.2) is 0 Å². The minimum atomic E-state index is 0. The minimum Gasteiger partial charge on any atom is -0.507 e. The molecule has 5 heteroatoms. The molecule has 0 aliphatic heterocycles. The van der Waals surface area contributed by atoms with Gasteiger partial charge in [0, 0.05) is 43.0 Å². The Kier molecular flexibility index (Phi) is 7.34. The summed E-state index contributed by atoms with van der Waals surface area (Å²) >= 11 is 0. The van der Waals surface area contributed by atoms with Crippen LogP contribution in [0.5, 0.6) is 11.5 Å². The quantitative estimate of drug-likeness (QED) is 0.483. The molecule has 0 saturated carbocycles. The van der Waals surface area contributed by atoms with E-state index in [1.54, 1.807) is 48.8 Å². The van der Waals surface area contributed by atoms with Crippen molar-refractivity contribution in [3.05, 3.63) is 59.7 Å². The maximum atomic E-state index is 9.54. The van der Waals surface area contributed by atoms with Crippen LogP contribution in [0.25, 0.3) is 0 Å². The Morgan fingerprint density at radius 2 is 1.10 bits per heavy atom. The van der Waals surface area contributed by atoms with E-state index in [9.17, 15) is 10.2 Å². The van der Waals surface area contributed by atoms with E-state index in [0.29, 0.717) is 24.2 Å². The molecule has 2 N–H and O–H groups in total. The van der Waals surface area contributed by atoms with Gasteiger partial charge in [-0.1, -0.05) is 24.3 Å². The van der Waals surface area contributed by atoms with E-state index in [-0.39, 0.29) is 31.0 Å². The number of aliphatic imine (C=N–C) groups is 2. The first-order chi connectivity index (χ1) is 9.77. The Morgan fingerprint density at radius 3 is 1.48 bits per heavy atom. The van der Waals surface area contributed by atoms with Gasteiger partial charge in [0.05, 0.1) is 13.1 Å². The van der Waals surface area contributed by atoms with Crippen LogP contribution in [0.15, 0.2) is 58.5 Å². The molecular formula is C16H16N2O2Ru. The second-order valence-electron chi connectivity index (χ2n) is 4.19. The van der Waals surface area contributed by atoms with E-state index in [4.69, 9.17) is 0 Å². The summed E-state index contributed by atoms with van der Waals surface area (Å²) in [5.74, 6) is 0.433. The molecule has 0 bridgehead atoms. The molecule has 0 aliphatic carbocycles. The molecule has 2 aromatic rings. The van der Waals surface area contributed by atoms with Crippen LogP contribution < -0.4 is 0 Å². The number of hydrogen-bond donors (Lipinski definition) is 2. The van der Waals surface area contributed by atoms with E-state index in [0.717, 1.165) is 0 Å². The fourth-order valence-electron chi connectivity index (χ4n) is 1.63. The zero-order valence-electron chi connectivity index (χ0n) is 11.3. The van der Waals surface area contributed by atoms with E-state index in [1.165, 1.54) is 0 Å². The molecule has 0 heterocycles. The van der Waals surface area contributed by atoms with Crippen molar-refractivity contribution in [1.82, 2.24) is 0 Å². The van der Waals surface area contributed by atoms with E-state index >= 15 is 0 Å². The molecule has 0 radical (unpaired) electrons. The van der Waals surface area contributed by atoms with Crippen molar-refractivity contribution in [2.75, 3.05) is 13.1 Å². The fraction of sp³-hybridized carbons (Fsp3) is 0.125. The van der Waals surface area contributed by atoms with Gasteiger partial charge in [0.1, 0.15) is 11.5 Å². The molecule has 0 aromatic heterocycles. The Morgan fingerprint density at radius 1 is 0.714 bits per heavy atom. The van der Waals surface area contributed by atoms with E-state index < -0.39 is 0 Å². The average molecular weight is 369 g/mol. The second-order valence-corrected chi connectivity index (χ2v) is 4.19. The van der Waals surface area contributed by atoms with Crippen molar-refractivity contribution in [3.8, 4) is 11.5 Å². The molecule has 0 fully saturated rings. The van der Waals surface area contributed by atoms with Crippen LogP contribution in [0, 0.1) is 0 Å². The predicted molar refractivity (Wildman–Crippen MR) is 81.1 cm³/mol. The molecule has 0 amide bonds. The van der Waals surface area contributed by atoms with Crippen molar-refractivity contribution in [3.63, 3.8) is 0 Å². The van der Waals surface area contributed by atoms with Gasteiger partial charge >= 0.3 is 0 Å². The standard InChI is InChI=1S/C16H16N2O2.Ru/c19-15-7-3-1-5-13(15)11-17-9-10-18-12-14-6-2-4-8-16(14)20;/h1-8,11-12,19-20H,9-10H2;/b17-11+,18-12+;. The Bertz CT molecular complexity index is 572. The molecule has 21 heavy (non-hydrogen) atoms. The average Bonchev–Trinajstić information content (AvgIpc) is 2.46. The number of nitrogens with zero attached hydrogens (tertiary/aromatic N) is 2. The van der Waals surface area contributed by atoms with Crippen molar-refractivity contribution >= 4 is 12.4 Å². The SMILES string of the molecule is Oc1ccccc1/C=N/CC/N=C/c1ccccc1O.[Ru]. The molecule has 0 unspecified atom stereocenters. The molecule has 0 atom stereocenters. The predicted octanol–water partition coefficient (Wildman–Crippen LogP) is 2.63. The summed E-state index contributed by atoms with van der Waals surface area (Å²) in [4.78, 5) is 8.39. The van der Waals surface area contributed by atoms with Crippen LogP contribution in [-0.2, 0) is 19.5 Å². The Hall–Kier alpha value is -2.00. The molecule has 2 aromatic carbocycles. The number of para-hydroxylation sites is 2. The third-order valence-corrected chi connectivity index (χ3v) is 2.69. The van der Waals surface area contributed by atoms with Crippen LogP contribution in [0.1, 0.15) is 11.1 Å². The van der Waals surface area contributed by atoms with Crippen LogP contribution in [-0.4, -0.2) is 35.7 Å². The van der Waals surface area contributed by atoms with Crippen LogP contribution in [0.4, 0.5) is 0 Å². The number of phenols is 2. The number of aromatic hydroxyl groups is 2. The first kappa shape index (κ1) is 17.1. The van der Waals surface area contributed by atoms with Gasteiger partial charge in [-0.3, -0.25) is 9.98 Å².